The predicted octanol–water partition coefficient (Wildman–Crippen LogP) is 2.78. The normalized spacial score (nSPS) is 14.2. The molecule has 4 heteroatoms. The summed E-state index contributed by atoms with van der Waals surface area (Å²) in [4.78, 5) is 18.6. The molecule has 1 heterocycles. The van der Waals surface area contributed by atoms with Crippen LogP contribution < -0.4 is 5.32 Å². The monoisotopic (exact) mass is 261 g/mol. The predicted molar refractivity (Wildman–Crippen MR) is 77.3 cm³/mol. The maximum Gasteiger partial charge on any atom is 0.254 e. The molecule has 1 aromatic rings. The lowest BCUT2D eigenvalue weighted by Gasteiger charge is -2.21. The van der Waals surface area contributed by atoms with E-state index in [1.54, 1.807) is 12.3 Å². The second-order valence-electron chi connectivity index (χ2n) is 5.14. The first-order chi connectivity index (χ1) is 9.24. The highest BCUT2D eigenvalue weighted by molar-refractivity contribution is 5.94. The van der Waals surface area contributed by atoms with Crippen molar-refractivity contribution in [3.8, 4) is 0 Å². The lowest BCUT2D eigenvalue weighted by atomic mass is 10.2. The highest BCUT2D eigenvalue weighted by Gasteiger charge is 2.26. The molecule has 2 rings (SSSR count). The summed E-state index contributed by atoms with van der Waals surface area (Å²) in [7, 11) is 0. The van der Waals surface area contributed by atoms with Crippen LogP contribution in [0.5, 0.6) is 0 Å². The second-order valence-corrected chi connectivity index (χ2v) is 5.14. The summed E-state index contributed by atoms with van der Waals surface area (Å²) in [5, 5.41) is 3.22. The van der Waals surface area contributed by atoms with Crippen molar-refractivity contribution in [3.63, 3.8) is 0 Å². The Hall–Kier alpha value is -1.58. The average Bonchev–Trinajstić information content (AvgIpc) is 3.26. The molecule has 1 aliphatic carbocycles. The first kappa shape index (κ1) is 13.8. The summed E-state index contributed by atoms with van der Waals surface area (Å²) in [5.41, 5.74) is 0.733. The van der Waals surface area contributed by atoms with Crippen LogP contribution in [0.3, 0.4) is 0 Å². The number of nitrogens with one attached hydrogen (secondary N) is 1. The van der Waals surface area contributed by atoms with Crippen LogP contribution in [0.25, 0.3) is 0 Å². The highest BCUT2D eigenvalue weighted by Crippen LogP contribution is 2.30. The number of carbonyl (C=O) groups is 1. The summed E-state index contributed by atoms with van der Waals surface area (Å²) in [6.07, 6.45) is 5.28. The van der Waals surface area contributed by atoms with E-state index in [1.807, 2.05) is 17.9 Å². The van der Waals surface area contributed by atoms with Crippen molar-refractivity contribution in [1.82, 2.24) is 9.88 Å². The van der Waals surface area contributed by atoms with Gasteiger partial charge in [-0.1, -0.05) is 6.92 Å². The minimum absolute atomic E-state index is 0.122. The number of aromatic nitrogens is 1. The zero-order chi connectivity index (χ0) is 13.7. The Balaban J connectivity index is 2.03. The molecule has 4 nitrogen and oxygen atoms in total. The average molecular weight is 261 g/mol. The van der Waals surface area contributed by atoms with Crippen LogP contribution >= 0.6 is 0 Å². The minimum Gasteiger partial charge on any atom is -0.370 e. The van der Waals surface area contributed by atoms with Gasteiger partial charge in [-0.05, 0) is 44.2 Å². The van der Waals surface area contributed by atoms with E-state index < -0.39 is 0 Å². The maximum atomic E-state index is 12.4. The van der Waals surface area contributed by atoms with Crippen LogP contribution in [-0.4, -0.2) is 35.4 Å². The molecular weight excluding hydrogens is 238 g/mol. The summed E-state index contributed by atoms with van der Waals surface area (Å²) >= 11 is 0. The quantitative estimate of drug-likeness (QED) is 0.821. The van der Waals surface area contributed by atoms with Crippen LogP contribution in [-0.2, 0) is 0 Å². The number of carbonyl (C=O) groups excluding carboxylic acids is 1. The highest BCUT2D eigenvalue weighted by atomic mass is 16.2. The first-order valence-electron chi connectivity index (χ1n) is 7.23. The van der Waals surface area contributed by atoms with E-state index >= 15 is 0 Å². The van der Waals surface area contributed by atoms with Gasteiger partial charge in [-0.15, -0.1) is 0 Å². The molecule has 0 unspecified atom stereocenters. The van der Waals surface area contributed by atoms with Crippen molar-refractivity contribution < 1.29 is 4.79 Å². The first-order valence-corrected chi connectivity index (χ1v) is 7.23. The van der Waals surface area contributed by atoms with Gasteiger partial charge in [0.05, 0.1) is 0 Å². The molecule has 0 spiro atoms. The number of amides is 1. The van der Waals surface area contributed by atoms with Crippen molar-refractivity contribution in [2.24, 2.45) is 5.92 Å². The molecule has 1 N–H and O–H groups in total. The van der Waals surface area contributed by atoms with E-state index in [4.69, 9.17) is 0 Å². The molecule has 0 aromatic carbocycles. The van der Waals surface area contributed by atoms with E-state index in [0.29, 0.717) is 0 Å². The van der Waals surface area contributed by atoms with Gasteiger partial charge >= 0.3 is 0 Å². The molecule has 1 aromatic heterocycles. The molecule has 0 atom stereocenters. The third-order valence-corrected chi connectivity index (χ3v) is 3.41. The van der Waals surface area contributed by atoms with Gasteiger partial charge in [0.25, 0.3) is 5.91 Å². The Morgan fingerprint density at radius 2 is 2.26 bits per heavy atom. The molecular formula is C15H23N3O. The van der Waals surface area contributed by atoms with Crippen LogP contribution in [0.4, 0.5) is 5.82 Å². The van der Waals surface area contributed by atoms with Crippen LogP contribution in [0.15, 0.2) is 18.3 Å². The third kappa shape index (κ3) is 3.94. The summed E-state index contributed by atoms with van der Waals surface area (Å²) in [5.74, 6) is 1.63. The number of anilines is 1. The van der Waals surface area contributed by atoms with Crippen LogP contribution in [0.1, 0.15) is 43.5 Å². The van der Waals surface area contributed by atoms with Crippen molar-refractivity contribution >= 4 is 11.7 Å². The van der Waals surface area contributed by atoms with E-state index in [0.717, 1.165) is 43.4 Å². The molecule has 0 bridgehead atoms. The van der Waals surface area contributed by atoms with Gasteiger partial charge in [0.15, 0.2) is 0 Å². The molecule has 0 aliphatic heterocycles. The van der Waals surface area contributed by atoms with Crippen molar-refractivity contribution in [1.29, 1.82) is 0 Å². The number of hydrogen-bond acceptors (Lipinski definition) is 3. The number of pyridine rings is 1. The largest absolute Gasteiger partial charge is 0.370 e. The number of rotatable bonds is 7. The molecule has 1 amide bonds. The van der Waals surface area contributed by atoms with Crippen molar-refractivity contribution in [3.05, 3.63) is 23.9 Å². The van der Waals surface area contributed by atoms with Crippen molar-refractivity contribution in [2.75, 3.05) is 25.0 Å². The summed E-state index contributed by atoms with van der Waals surface area (Å²) in [6.45, 7) is 6.70. The van der Waals surface area contributed by atoms with Gasteiger partial charge in [0.1, 0.15) is 5.82 Å². The topological polar surface area (TPSA) is 45.2 Å². The van der Waals surface area contributed by atoms with Gasteiger partial charge in [-0.3, -0.25) is 4.79 Å². The fourth-order valence-electron chi connectivity index (χ4n) is 2.06. The zero-order valence-corrected chi connectivity index (χ0v) is 11.9. The minimum atomic E-state index is 0.122. The van der Waals surface area contributed by atoms with Crippen LogP contribution in [0, 0.1) is 5.92 Å². The van der Waals surface area contributed by atoms with Gasteiger partial charge < -0.3 is 10.2 Å². The Labute approximate surface area is 115 Å². The fourth-order valence-corrected chi connectivity index (χ4v) is 2.06. The second kappa shape index (κ2) is 6.55. The fraction of sp³-hybridized carbons (Fsp3) is 0.600. The standard InChI is InChI=1S/C15H23N3O/c1-3-8-16-14-10-13(7-9-17-14)15(19)18(4-2)11-12-5-6-12/h7,9-10,12H,3-6,8,11H2,1-2H3,(H,16,17). The summed E-state index contributed by atoms with van der Waals surface area (Å²) < 4.78 is 0. The Bertz CT molecular complexity index is 429. The Kier molecular flexibility index (Phi) is 4.77. The van der Waals surface area contributed by atoms with E-state index in [1.165, 1.54) is 12.8 Å². The van der Waals surface area contributed by atoms with Crippen LogP contribution in [0.2, 0.25) is 0 Å². The van der Waals surface area contributed by atoms with E-state index in [-0.39, 0.29) is 5.91 Å². The molecule has 0 saturated heterocycles. The van der Waals surface area contributed by atoms with E-state index in [9.17, 15) is 4.79 Å². The molecule has 0 radical (unpaired) electrons. The number of hydrogen-bond donors (Lipinski definition) is 1. The summed E-state index contributed by atoms with van der Waals surface area (Å²) in [6, 6.07) is 3.66. The number of nitrogens with zero attached hydrogens (tertiary/aromatic N) is 2. The Morgan fingerprint density at radius 3 is 2.89 bits per heavy atom. The molecule has 19 heavy (non-hydrogen) atoms. The third-order valence-electron chi connectivity index (χ3n) is 3.41. The molecule has 104 valence electrons. The zero-order valence-electron chi connectivity index (χ0n) is 11.9. The Morgan fingerprint density at radius 1 is 1.47 bits per heavy atom. The lowest BCUT2D eigenvalue weighted by molar-refractivity contribution is 0.0757. The SMILES string of the molecule is CCCNc1cc(C(=O)N(CC)CC2CC2)ccn1. The smallest absolute Gasteiger partial charge is 0.254 e. The van der Waals surface area contributed by atoms with E-state index in [2.05, 4.69) is 17.2 Å². The van der Waals surface area contributed by atoms with Gasteiger partial charge in [0, 0.05) is 31.4 Å². The molecule has 1 saturated carbocycles. The van der Waals surface area contributed by atoms with Gasteiger partial charge in [0.2, 0.25) is 0 Å². The molecule has 1 aliphatic rings. The van der Waals surface area contributed by atoms with Gasteiger partial charge in [-0.25, -0.2) is 4.98 Å². The van der Waals surface area contributed by atoms with Crippen molar-refractivity contribution in [2.45, 2.75) is 33.1 Å². The maximum absolute atomic E-state index is 12.4. The molecule has 1 fully saturated rings. The lowest BCUT2D eigenvalue weighted by Crippen LogP contribution is -2.32. The van der Waals surface area contributed by atoms with Gasteiger partial charge in [-0.2, -0.15) is 0 Å².